The molecule has 5 N–H and O–H groups in total. The zero-order valence-electron chi connectivity index (χ0n) is 26.8. The standard InChI is InChI=1S/C30H39FN7O7PS/c1-17(26(40)42-15-29(2,3)4)37-46(41,47-45-20-13-9-11-18-10-7-8-12-19(18)20)43-14-21-23(39)30(5,31)27(44-21)38-16-34-22-24(33-6)35-28(32)36-25(22)38/h7-13,16-17,21,23,27,39H,14-15H2,1-6H3,(H,37,41)(H3,32,33,35,36)/t17-,21+,23+,27+,30+,46?/m0/s1. The average molecular weight is 692 g/mol. The first-order valence-electron chi connectivity index (χ1n) is 14.8. The van der Waals surface area contributed by atoms with Crippen molar-refractivity contribution in [3.05, 3.63) is 48.8 Å². The number of aliphatic hydroxyl groups excluding tert-OH is 1. The molecular formula is C30H39FN7O7PS. The number of ether oxygens (including phenoxy) is 2. The van der Waals surface area contributed by atoms with E-state index >= 15 is 4.39 Å². The Kier molecular flexibility index (Phi) is 10.0. The van der Waals surface area contributed by atoms with Gasteiger partial charge in [0.2, 0.25) is 5.95 Å². The van der Waals surface area contributed by atoms with Crippen LogP contribution in [-0.4, -0.2) is 74.8 Å². The van der Waals surface area contributed by atoms with Gasteiger partial charge in [-0.15, -0.1) is 0 Å². The van der Waals surface area contributed by atoms with Crippen molar-refractivity contribution in [2.45, 2.75) is 64.8 Å². The van der Waals surface area contributed by atoms with Gasteiger partial charge in [0.1, 0.15) is 24.0 Å². The molecule has 5 rings (SSSR count). The number of imidazole rings is 1. The zero-order valence-corrected chi connectivity index (χ0v) is 28.5. The first kappa shape index (κ1) is 34.8. The first-order chi connectivity index (χ1) is 22.1. The maximum absolute atomic E-state index is 16.2. The maximum atomic E-state index is 16.2. The molecule has 6 atom stereocenters. The fourth-order valence-corrected chi connectivity index (χ4v) is 7.80. The van der Waals surface area contributed by atoms with Crippen molar-refractivity contribution in [2.24, 2.45) is 5.41 Å². The van der Waals surface area contributed by atoms with Crippen molar-refractivity contribution in [3.63, 3.8) is 0 Å². The number of nitrogen functional groups attached to an aromatic ring is 1. The number of anilines is 2. The summed E-state index contributed by atoms with van der Waals surface area (Å²) in [6, 6.07) is 11.8. The van der Waals surface area contributed by atoms with Gasteiger partial charge in [-0.25, -0.2) is 14.5 Å². The van der Waals surface area contributed by atoms with Gasteiger partial charge in [0.25, 0.3) is 0 Å². The average Bonchev–Trinajstić information content (AvgIpc) is 3.53. The molecule has 1 aliphatic heterocycles. The summed E-state index contributed by atoms with van der Waals surface area (Å²) in [5.74, 6) is 0.00487. The lowest BCUT2D eigenvalue weighted by molar-refractivity contribution is -0.148. The summed E-state index contributed by atoms with van der Waals surface area (Å²) in [6.45, 7) is 3.84. The lowest BCUT2D eigenvalue weighted by Crippen LogP contribution is -2.41. The van der Waals surface area contributed by atoms with E-state index in [9.17, 15) is 14.5 Å². The Bertz CT molecular complexity index is 1800. The molecule has 1 fully saturated rings. The summed E-state index contributed by atoms with van der Waals surface area (Å²) in [4.78, 5) is 25.4. The third-order valence-corrected chi connectivity index (χ3v) is 10.5. The van der Waals surface area contributed by atoms with E-state index in [1.54, 1.807) is 19.2 Å². The van der Waals surface area contributed by atoms with E-state index in [-0.39, 0.29) is 23.6 Å². The number of hydrogen-bond acceptors (Lipinski definition) is 13. The topological polar surface area (TPSA) is 185 Å². The molecule has 0 saturated carbocycles. The number of rotatable bonds is 12. The van der Waals surface area contributed by atoms with Crippen LogP contribution in [0.25, 0.3) is 21.9 Å². The van der Waals surface area contributed by atoms with E-state index in [1.807, 2.05) is 51.1 Å². The first-order valence-corrected chi connectivity index (χ1v) is 17.8. The zero-order chi connectivity index (χ0) is 34.1. The van der Waals surface area contributed by atoms with Crippen LogP contribution >= 0.6 is 18.4 Å². The molecule has 2 aromatic carbocycles. The summed E-state index contributed by atoms with van der Waals surface area (Å²) in [7, 11) is 1.63. The number of fused-ring (bicyclic) bond motifs is 2. The molecule has 47 heavy (non-hydrogen) atoms. The van der Waals surface area contributed by atoms with Gasteiger partial charge in [0.15, 0.2) is 40.5 Å². The maximum Gasteiger partial charge on any atom is 0.365 e. The highest BCUT2D eigenvalue weighted by atomic mass is 32.7. The molecule has 0 radical (unpaired) electrons. The number of halogens is 1. The van der Waals surface area contributed by atoms with E-state index in [4.69, 9.17) is 23.9 Å². The second-order valence-corrected chi connectivity index (χ2v) is 16.3. The third kappa shape index (κ3) is 7.63. The van der Waals surface area contributed by atoms with Crippen LogP contribution in [0, 0.1) is 5.41 Å². The molecule has 1 saturated heterocycles. The normalized spacial score (nSPS) is 23.4. The molecule has 17 heteroatoms. The van der Waals surface area contributed by atoms with Crippen LogP contribution < -0.4 is 20.3 Å². The van der Waals surface area contributed by atoms with Crippen molar-refractivity contribution < 1.29 is 37.0 Å². The van der Waals surface area contributed by atoms with Gasteiger partial charge < -0.3 is 34.3 Å². The Morgan fingerprint density at radius 3 is 2.70 bits per heavy atom. The predicted molar refractivity (Wildman–Crippen MR) is 177 cm³/mol. The molecule has 0 spiro atoms. The van der Waals surface area contributed by atoms with Crippen molar-refractivity contribution in [2.75, 3.05) is 31.3 Å². The molecule has 4 aromatic rings. The Labute approximate surface area is 275 Å². The summed E-state index contributed by atoms with van der Waals surface area (Å²) in [5, 5.41) is 18.3. The monoisotopic (exact) mass is 691 g/mol. The summed E-state index contributed by atoms with van der Waals surface area (Å²) < 4.78 is 54.9. The molecule has 14 nitrogen and oxygen atoms in total. The van der Waals surface area contributed by atoms with Crippen molar-refractivity contribution >= 4 is 58.1 Å². The van der Waals surface area contributed by atoms with Gasteiger partial charge in [-0.05, 0) is 30.7 Å². The van der Waals surface area contributed by atoms with Gasteiger partial charge >= 0.3 is 12.7 Å². The smallest absolute Gasteiger partial charge is 0.365 e. The van der Waals surface area contributed by atoms with Crippen molar-refractivity contribution in [3.8, 4) is 5.75 Å². The Balaban J connectivity index is 1.37. The van der Waals surface area contributed by atoms with Crippen LogP contribution in [0.2, 0.25) is 0 Å². The van der Waals surface area contributed by atoms with Gasteiger partial charge in [0, 0.05) is 12.4 Å². The minimum absolute atomic E-state index is 0.0760. The van der Waals surface area contributed by atoms with E-state index in [1.165, 1.54) is 24.7 Å². The fourth-order valence-electron chi connectivity index (χ4n) is 4.94. The SMILES string of the molecule is CNc1nc(N)nc2c1ncn2[C@@H]1O[C@H](COP(=O)(N[C@@H](C)C(=O)OCC(C)(C)C)SOc2cccc3ccccc23)[C@@H](O)[C@@]1(C)F. The van der Waals surface area contributed by atoms with Gasteiger partial charge in [-0.1, -0.05) is 57.2 Å². The molecule has 254 valence electrons. The van der Waals surface area contributed by atoms with E-state index < -0.39 is 49.4 Å². The van der Waals surface area contributed by atoms with Crippen molar-refractivity contribution in [1.82, 2.24) is 24.6 Å². The largest absolute Gasteiger partial charge is 0.464 e. The second kappa shape index (κ2) is 13.5. The van der Waals surface area contributed by atoms with Crippen LogP contribution in [0.3, 0.4) is 0 Å². The lowest BCUT2D eigenvalue weighted by atomic mass is 9.98. The molecule has 0 amide bonds. The molecular weight excluding hydrogens is 652 g/mol. The molecule has 0 aliphatic carbocycles. The number of nitrogens with zero attached hydrogens (tertiary/aromatic N) is 4. The third-order valence-electron chi connectivity index (χ3n) is 7.38. The molecule has 1 unspecified atom stereocenters. The number of hydrogen-bond donors (Lipinski definition) is 4. The number of nitrogens with two attached hydrogens (primary N) is 1. The second-order valence-electron chi connectivity index (χ2n) is 12.6. The van der Waals surface area contributed by atoms with E-state index in [0.29, 0.717) is 28.7 Å². The number of alkyl halides is 1. The van der Waals surface area contributed by atoms with E-state index in [2.05, 4.69) is 25.4 Å². The molecule has 2 aromatic heterocycles. The summed E-state index contributed by atoms with van der Waals surface area (Å²) >= 11 is 0.482. The highest BCUT2D eigenvalue weighted by Gasteiger charge is 2.56. The number of nitrogens with one attached hydrogen (secondary N) is 2. The summed E-state index contributed by atoms with van der Waals surface area (Å²) in [6.07, 6.45) is -3.12. The molecule has 0 bridgehead atoms. The van der Waals surface area contributed by atoms with Gasteiger partial charge in [-0.3, -0.25) is 13.9 Å². The number of benzene rings is 2. The minimum atomic E-state index is -4.13. The minimum Gasteiger partial charge on any atom is -0.464 e. The Morgan fingerprint density at radius 1 is 1.26 bits per heavy atom. The highest BCUT2D eigenvalue weighted by molar-refractivity contribution is 8.53. The Hall–Kier alpha value is -3.53. The van der Waals surface area contributed by atoms with Crippen LogP contribution in [0.1, 0.15) is 40.8 Å². The number of carbonyl (C=O) groups excluding carboxylic acids is 1. The van der Waals surface area contributed by atoms with Crippen LogP contribution in [0.5, 0.6) is 5.75 Å². The number of aromatic nitrogens is 4. The van der Waals surface area contributed by atoms with Crippen LogP contribution in [-0.2, 0) is 23.4 Å². The molecule has 3 heterocycles. The van der Waals surface area contributed by atoms with Crippen LogP contribution in [0.4, 0.5) is 16.2 Å². The Morgan fingerprint density at radius 2 is 1.98 bits per heavy atom. The lowest BCUT2D eigenvalue weighted by Gasteiger charge is -2.25. The highest BCUT2D eigenvalue weighted by Crippen LogP contribution is 2.58. The quantitative estimate of drug-likeness (QED) is 0.0883. The fraction of sp³-hybridized carbons (Fsp3) is 0.467. The predicted octanol–water partition coefficient (Wildman–Crippen LogP) is 5.01. The van der Waals surface area contributed by atoms with Crippen LogP contribution in [0.15, 0.2) is 48.8 Å². The van der Waals surface area contributed by atoms with Crippen molar-refractivity contribution in [1.29, 1.82) is 0 Å². The molecule has 1 aliphatic rings. The number of esters is 1. The van der Waals surface area contributed by atoms with E-state index in [0.717, 1.165) is 10.8 Å². The summed E-state index contributed by atoms with van der Waals surface area (Å²) in [5.41, 5.74) is 3.69. The number of aliphatic hydroxyl groups is 1. The van der Waals surface area contributed by atoms with Gasteiger partial charge in [-0.2, -0.15) is 9.97 Å². The van der Waals surface area contributed by atoms with Gasteiger partial charge in [0.05, 0.1) is 19.5 Å². The number of carbonyl (C=O) groups is 1.